The Morgan fingerprint density at radius 3 is 2.78 bits per heavy atom. The van der Waals surface area contributed by atoms with Crippen LogP contribution in [0.3, 0.4) is 0 Å². The minimum Gasteiger partial charge on any atom is -0.480 e. The van der Waals surface area contributed by atoms with Gasteiger partial charge < -0.3 is 10.8 Å². The number of rotatable bonds is 3. The molecule has 2 rings (SSSR count). The Hall–Kier alpha value is -1.31. The number of carbonyl (C=O) groups is 1. The number of hydrogen-bond donors (Lipinski definition) is 2. The summed E-state index contributed by atoms with van der Waals surface area (Å²) >= 11 is 4.89. The average molecular weight is 328 g/mol. The zero-order valence-electron chi connectivity index (χ0n) is 9.42. The molecule has 0 saturated carbocycles. The van der Waals surface area contributed by atoms with Gasteiger partial charge in [0.2, 0.25) is 0 Å². The van der Waals surface area contributed by atoms with Crippen LogP contribution in [0.1, 0.15) is 17.6 Å². The van der Waals surface area contributed by atoms with E-state index in [1.165, 1.54) is 11.3 Å². The first-order chi connectivity index (χ1) is 8.47. The Balaban J connectivity index is 2.47. The van der Waals surface area contributed by atoms with Crippen molar-refractivity contribution in [2.45, 2.75) is 13.0 Å². The molecule has 0 amide bonds. The van der Waals surface area contributed by atoms with Crippen molar-refractivity contribution in [3.63, 3.8) is 0 Å². The van der Waals surface area contributed by atoms with Gasteiger partial charge in [0.25, 0.3) is 0 Å². The molecular weight excluding hydrogens is 318 g/mol. The predicted octanol–water partition coefficient (Wildman–Crippen LogP) is 2.36. The number of aryl methyl sites for hydroxylation is 1. The number of carboxylic acid groups (broad SMARTS) is 1. The zero-order valence-corrected chi connectivity index (χ0v) is 11.8. The first kappa shape index (κ1) is 13.1. The molecule has 1 unspecified atom stereocenters. The summed E-state index contributed by atoms with van der Waals surface area (Å²) in [5.74, 6) is -1.01. The molecule has 0 spiro atoms. The number of carboxylic acids is 1. The molecule has 0 radical (unpaired) electrons. The SMILES string of the molecule is Cc1cc(-c2ccc(Br)s2)nc(C(N)C(=O)O)n1. The zero-order chi connectivity index (χ0) is 13.3. The summed E-state index contributed by atoms with van der Waals surface area (Å²) in [5.41, 5.74) is 6.90. The van der Waals surface area contributed by atoms with E-state index in [9.17, 15) is 4.79 Å². The Morgan fingerprint density at radius 2 is 2.22 bits per heavy atom. The summed E-state index contributed by atoms with van der Waals surface area (Å²) in [4.78, 5) is 20.1. The number of aromatic nitrogens is 2. The van der Waals surface area contributed by atoms with Crippen LogP contribution in [0.5, 0.6) is 0 Å². The van der Waals surface area contributed by atoms with E-state index in [1.807, 2.05) is 12.1 Å². The molecule has 5 nitrogen and oxygen atoms in total. The smallest absolute Gasteiger partial charge is 0.328 e. The summed E-state index contributed by atoms with van der Waals surface area (Å²) in [6.07, 6.45) is 0. The fraction of sp³-hybridized carbons (Fsp3) is 0.182. The minimum absolute atomic E-state index is 0.127. The Morgan fingerprint density at radius 1 is 1.50 bits per heavy atom. The quantitative estimate of drug-likeness (QED) is 0.903. The molecule has 0 aromatic carbocycles. The van der Waals surface area contributed by atoms with Gasteiger partial charge in [0.05, 0.1) is 14.4 Å². The van der Waals surface area contributed by atoms with Crippen molar-refractivity contribution in [1.82, 2.24) is 9.97 Å². The molecule has 18 heavy (non-hydrogen) atoms. The summed E-state index contributed by atoms with van der Waals surface area (Å²) in [7, 11) is 0. The molecule has 2 aromatic rings. The second kappa shape index (κ2) is 5.13. The molecule has 0 aliphatic rings. The first-order valence-electron chi connectivity index (χ1n) is 5.07. The third-order valence-electron chi connectivity index (χ3n) is 2.24. The fourth-order valence-corrected chi connectivity index (χ4v) is 2.77. The topological polar surface area (TPSA) is 89.1 Å². The summed E-state index contributed by atoms with van der Waals surface area (Å²) in [5, 5.41) is 8.88. The first-order valence-corrected chi connectivity index (χ1v) is 6.68. The third kappa shape index (κ3) is 2.74. The van der Waals surface area contributed by atoms with Crippen LogP contribution < -0.4 is 5.73 Å². The number of nitrogens with zero attached hydrogens (tertiary/aromatic N) is 2. The van der Waals surface area contributed by atoms with Crippen LogP contribution in [0, 0.1) is 6.92 Å². The van der Waals surface area contributed by atoms with Crippen molar-refractivity contribution >= 4 is 33.2 Å². The molecule has 0 aliphatic carbocycles. The van der Waals surface area contributed by atoms with E-state index < -0.39 is 12.0 Å². The van der Waals surface area contributed by atoms with Crippen LogP contribution >= 0.6 is 27.3 Å². The van der Waals surface area contributed by atoms with Crippen LogP contribution in [0.2, 0.25) is 0 Å². The molecular formula is C11H10BrN3O2S. The van der Waals surface area contributed by atoms with E-state index in [4.69, 9.17) is 10.8 Å². The highest BCUT2D eigenvalue weighted by molar-refractivity contribution is 9.11. The maximum atomic E-state index is 10.9. The van der Waals surface area contributed by atoms with Gasteiger partial charge in [-0.15, -0.1) is 11.3 Å². The molecule has 0 bridgehead atoms. The molecule has 0 fully saturated rings. The highest BCUT2D eigenvalue weighted by Crippen LogP contribution is 2.30. The molecule has 7 heteroatoms. The predicted molar refractivity (Wildman–Crippen MR) is 72.3 cm³/mol. The van der Waals surface area contributed by atoms with Crippen LogP contribution in [0.4, 0.5) is 0 Å². The van der Waals surface area contributed by atoms with Crippen molar-refractivity contribution in [2.24, 2.45) is 5.73 Å². The van der Waals surface area contributed by atoms with Gasteiger partial charge in [-0.2, -0.15) is 0 Å². The van der Waals surface area contributed by atoms with Crippen LogP contribution in [-0.2, 0) is 4.79 Å². The lowest BCUT2D eigenvalue weighted by Gasteiger charge is -2.07. The third-order valence-corrected chi connectivity index (χ3v) is 3.89. The van der Waals surface area contributed by atoms with Gasteiger partial charge in [0, 0.05) is 5.69 Å². The molecule has 2 aromatic heterocycles. The number of aliphatic carboxylic acids is 1. The Labute approximate surface area is 116 Å². The minimum atomic E-state index is -1.20. The Kier molecular flexibility index (Phi) is 3.74. The molecule has 0 saturated heterocycles. The maximum absolute atomic E-state index is 10.9. The van der Waals surface area contributed by atoms with E-state index in [2.05, 4.69) is 25.9 Å². The molecule has 0 aliphatic heterocycles. The summed E-state index contributed by atoms with van der Waals surface area (Å²) < 4.78 is 0.984. The largest absolute Gasteiger partial charge is 0.480 e. The summed E-state index contributed by atoms with van der Waals surface area (Å²) in [6, 6.07) is 4.42. The lowest BCUT2D eigenvalue weighted by Crippen LogP contribution is -2.23. The molecule has 94 valence electrons. The molecule has 3 N–H and O–H groups in total. The van der Waals surface area contributed by atoms with Crippen molar-refractivity contribution in [1.29, 1.82) is 0 Å². The van der Waals surface area contributed by atoms with Crippen molar-refractivity contribution in [3.8, 4) is 10.6 Å². The molecule has 1 atom stereocenters. The number of nitrogens with two attached hydrogens (primary N) is 1. The van der Waals surface area contributed by atoms with Crippen LogP contribution in [-0.4, -0.2) is 21.0 Å². The number of thiophene rings is 1. The van der Waals surface area contributed by atoms with Gasteiger partial charge in [-0.1, -0.05) is 0 Å². The van der Waals surface area contributed by atoms with Crippen LogP contribution in [0.25, 0.3) is 10.6 Å². The van der Waals surface area contributed by atoms with E-state index in [-0.39, 0.29) is 5.82 Å². The van der Waals surface area contributed by atoms with Crippen LogP contribution in [0.15, 0.2) is 22.0 Å². The fourth-order valence-electron chi connectivity index (χ4n) is 1.42. The normalized spacial score (nSPS) is 12.4. The van der Waals surface area contributed by atoms with Gasteiger partial charge in [0.15, 0.2) is 11.9 Å². The van der Waals surface area contributed by atoms with Crippen molar-refractivity contribution in [2.75, 3.05) is 0 Å². The average Bonchev–Trinajstić information content (AvgIpc) is 2.74. The highest BCUT2D eigenvalue weighted by atomic mass is 79.9. The van der Waals surface area contributed by atoms with Gasteiger partial charge in [0.1, 0.15) is 0 Å². The standard InChI is InChI=1S/C11H10BrN3O2S/c1-5-4-6(7-2-3-8(12)18-7)15-10(14-5)9(13)11(16)17/h2-4,9H,13H2,1H3,(H,16,17). The van der Waals surface area contributed by atoms with Gasteiger partial charge in [-0.25, -0.2) is 9.97 Å². The van der Waals surface area contributed by atoms with E-state index in [0.717, 1.165) is 8.66 Å². The lowest BCUT2D eigenvalue weighted by molar-refractivity contribution is -0.138. The second-order valence-corrected chi connectivity index (χ2v) is 6.14. The van der Waals surface area contributed by atoms with Crippen molar-refractivity contribution < 1.29 is 9.90 Å². The lowest BCUT2D eigenvalue weighted by atomic mass is 10.2. The second-order valence-electron chi connectivity index (χ2n) is 3.67. The maximum Gasteiger partial charge on any atom is 0.328 e. The van der Waals surface area contributed by atoms with Gasteiger partial charge in [-0.3, -0.25) is 4.79 Å². The monoisotopic (exact) mass is 327 g/mol. The van der Waals surface area contributed by atoms with E-state index in [1.54, 1.807) is 13.0 Å². The van der Waals surface area contributed by atoms with Crippen molar-refractivity contribution in [3.05, 3.63) is 33.5 Å². The van der Waals surface area contributed by atoms with Gasteiger partial charge >= 0.3 is 5.97 Å². The number of hydrogen-bond acceptors (Lipinski definition) is 5. The highest BCUT2D eigenvalue weighted by Gasteiger charge is 2.19. The Bertz CT molecular complexity index is 600. The number of halogens is 1. The van der Waals surface area contributed by atoms with Gasteiger partial charge in [-0.05, 0) is 41.1 Å². The van der Waals surface area contributed by atoms with E-state index >= 15 is 0 Å². The van der Waals surface area contributed by atoms with E-state index in [0.29, 0.717) is 11.4 Å². The summed E-state index contributed by atoms with van der Waals surface area (Å²) in [6.45, 7) is 1.78. The molecule has 2 heterocycles.